The highest BCUT2D eigenvalue weighted by molar-refractivity contribution is 9.10. The molecule has 0 heterocycles. The van der Waals surface area contributed by atoms with Gasteiger partial charge in [0.2, 0.25) is 0 Å². The molecule has 2 atom stereocenters. The molecule has 0 bridgehead atoms. The number of thioether (sulfide) groups is 1. The molecular formula is C8H16BrNO2S. The maximum Gasteiger partial charge on any atom is 0.320 e. The number of hydrogen-bond donors (Lipinski definition) is 1. The van der Waals surface area contributed by atoms with Crippen LogP contribution in [0.5, 0.6) is 0 Å². The molecule has 5 heteroatoms. The minimum absolute atomic E-state index is 0.206. The van der Waals surface area contributed by atoms with Gasteiger partial charge in [-0.25, -0.2) is 0 Å². The Hall–Kier alpha value is 0.260. The van der Waals surface area contributed by atoms with Crippen molar-refractivity contribution in [2.24, 2.45) is 5.73 Å². The van der Waals surface area contributed by atoms with E-state index in [4.69, 9.17) is 5.73 Å². The Morgan fingerprint density at radius 3 is 2.77 bits per heavy atom. The van der Waals surface area contributed by atoms with Crippen molar-refractivity contribution in [3.05, 3.63) is 0 Å². The van der Waals surface area contributed by atoms with E-state index in [-0.39, 0.29) is 10.8 Å². The average Bonchev–Trinajstić information content (AvgIpc) is 2.13. The van der Waals surface area contributed by atoms with Gasteiger partial charge in [0, 0.05) is 11.0 Å². The lowest BCUT2D eigenvalue weighted by Crippen LogP contribution is -2.19. The Balaban J connectivity index is 3.56. The largest absolute Gasteiger partial charge is 0.468 e. The average molecular weight is 270 g/mol. The van der Waals surface area contributed by atoms with Crippen molar-refractivity contribution in [3.8, 4) is 0 Å². The molecule has 0 aromatic heterocycles. The van der Waals surface area contributed by atoms with Crippen molar-refractivity contribution in [3.63, 3.8) is 0 Å². The zero-order valence-electron chi connectivity index (χ0n) is 7.96. The Labute approximate surface area is 91.9 Å². The Morgan fingerprint density at radius 1 is 1.69 bits per heavy atom. The molecule has 3 nitrogen and oxygen atoms in total. The van der Waals surface area contributed by atoms with E-state index in [0.717, 1.165) is 12.2 Å². The first-order valence-electron chi connectivity index (χ1n) is 4.15. The van der Waals surface area contributed by atoms with Gasteiger partial charge in [0.25, 0.3) is 0 Å². The summed E-state index contributed by atoms with van der Waals surface area (Å²) in [6, 6.07) is 0. The van der Waals surface area contributed by atoms with Crippen molar-refractivity contribution in [1.82, 2.24) is 0 Å². The van der Waals surface area contributed by atoms with Crippen molar-refractivity contribution in [2.45, 2.75) is 23.4 Å². The number of esters is 1. The number of nitrogens with two attached hydrogens (primary N) is 1. The lowest BCUT2D eigenvalue weighted by molar-refractivity contribution is -0.139. The van der Waals surface area contributed by atoms with Gasteiger partial charge in [-0.1, -0.05) is 22.9 Å². The standard InChI is InChI=1S/C8H16BrNO2S/c1-6(3-4-10)13-5-7(9)8(11)12-2/h6-7H,3-5,10H2,1-2H3. The molecule has 0 spiro atoms. The summed E-state index contributed by atoms with van der Waals surface area (Å²) in [7, 11) is 1.39. The smallest absolute Gasteiger partial charge is 0.320 e. The normalized spacial score (nSPS) is 15.1. The number of ether oxygens (including phenoxy) is 1. The van der Waals surface area contributed by atoms with Gasteiger partial charge in [-0.2, -0.15) is 11.8 Å². The van der Waals surface area contributed by atoms with Crippen LogP contribution in [0.15, 0.2) is 0 Å². The quantitative estimate of drug-likeness (QED) is 0.585. The van der Waals surface area contributed by atoms with Gasteiger partial charge < -0.3 is 10.5 Å². The molecule has 0 aliphatic rings. The third-order valence-electron chi connectivity index (χ3n) is 1.56. The SMILES string of the molecule is COC(=O)C(Br)CSC(C)CCN. The van der Waals surface area contributed by atoms with Gasteiger partial charge in [0.15, 0.2) is 0 Å². The third kappa shape index (κ3) is 6.35. The van der Waals surface area contributed by atoms with Gasteiger partial charge in [0.1, 0.15) is 4.83 Å². The summed E-state index contributed by atoms with van der Waals surface area (Å²) in [5, 5.41) is 0.495. The third-order valence-corrected chi connectivity index (χ3v) is 4.01. The van der Waals surface area contributed by atoms with E-state index >= 15 is 0 Å². The first-order chi connectivity index (χ1) is 6.11. The summed E-state index contributed by atoms with van der Waals surface area (Å²) in [6.07, 6.45) is 0.978. The molecule has 13 heavy (non-hydrogen) atoms. The molecule has 0 saturated carbocycles. The van der Waals surface area contributed by atoms with Gasteiger partial charge in [-0.05, 0) is 13.0 Å². The lowest BCUT2D eigenvalue weighted by Gasteiger charge is -2.11. The van der Waals surface area contributed by atoms with Crippen LogP contribution in [0.2, 0.25) is 0 Å². The van der Waals surface area contributed by atoms with Crippen LogP contribution in [0.1, 0.15) is 13.3 Å². The Morgan fingerprint density at radius 2 is 2.31 bits per heavy atom. The van der Waals surface area contributed by atoms with E-state index in [9.17, 15) is 4.79 Å². The highest BCUT2D eigenvalue weighted by atomic mass is 79.9. The van der Waals surface area contributed by atoms with Gasteiger partial charge in [-0.15, -0.1) is 0 Å². The van der Waals surface area contributed by atoms with Gasteiger partial charge in [0.05, 0.1) is 7.11 Å². The number of carbonyl (C=O) groups excluding carboxylic acids is 1. The molecule has 78 valence electrons. The molecule has 0 aromatic rings. The second-order valence-electron chi connectivity index (χ2n) is 2.71. The summed E-state index contributed by atoms with van der Waals surface area (Å²) < 4.78 is 4.58. The molecule has 0 saturated heterocycles. The Bertz CT molecular complexity index is 157. The van der Waals surface area contributed by atoms with Crippen LogP contribution in [0.4, 0.5) is 0 Å². The summed E-state index contributed by atoms with van der Waals surface area (Å²) in [5.41, 5.74) is 5.41. The van der Waals surface area contributed by atoms with Crippen molar-refractivity contribution in [2.75, 3.05) is 19.4 Å². The molecular weight excluding hydrogens is 254 g/mol. The van der Waals surface area contributed by atoms with Crippen LogP contribution in [0.3, 0.4) is 0 Å². The van der Waals surface area contributed by atoms with Crippen LogP contribution in [-0.4, -0.2) is 35.5 Å². The van der Waals surface area contributed by atoms with Crippen molar-refractivity contribution >= 4 is 33.7 Å². The van der Waals surface area contributed by atoms with E-state index in [0.29, 0.717) is 11.8 Å². The highest BCUT2D eigenvalue weighted by Gasteiger charge is 2.16. The van der Waals surface area contributed by atoms with Crippen molar-refractivity contribution in [1.29, 1.82) is 0 Å². The van der Waals surface area contributed by atoms with E-state index in [1.807, 2.05) is 0 Å². The number of rotatable bonds is 6. The molecule has 0 aliphatic heterocycles. The fourth-order valence-electron chi connectivity index (χ4n) is 0.763. The van der Waals surface area contributed by atoms with Gasteiger partial charge >= 0.3 is 5.97 Å². The number of hydrogen-bond acceptors (Lipinski definition) is 4. The maximum atomic E-state index is 11.0. The first-order valence-corrected chi connectivity index (χ1v) is 6.11. The minimum Gasteiger partial charge on any atom is -0.468 e. The molecule has 0 radical (unpaired) electrons. The molecule has 0 amide bonds. The van der Waals surface area contributed by atoms with Crippen LogP contribution in [0, 0.1) is 0 Å². The molecule has 0 aliphatic carbocycles. The van der Waals surface area contributed by atoms with Crippen molar-refractivity contribution < 1.29 is 9.53 Å². The summed E-state index contributed by atoms with van der Waals surface area (Å²) in [5.74, 6) is 0.515. The van der Waals surface area contributed by atoms with Crippen LogP contribution in [0.25, 0.3) is 0 Å². The number of carbonyl (C=O) groups is 1. The minimum atomic E-state index is -0.215. The fourth-order valence-corrected chi connectivity index (χ4v) is 2.34. The van der Waals surface area contributed by atoms with E-state index in [1.165, 1.54) is 7.11 Å². The van der Waals surface area contributed by atoms with Crippen LogP contribution < -0.4 is 5.73 Å². The predicted octanol–water partition coefficient (Wildman–Crippen LogP) is 1.39. The van der Waals surface area contributed by atoms with Crippen LogP contribution in [-0.2, 0) is 9.53 Å². The predicted molar refractivity (Wildman–Crippen MR) is 60.3 cm³/mol. The van der Waals surface area contributed by atoms with Crippen LogP contribution >= 0.6 is 27.7 Å². The zero-order chi connectivity index (χ0) is 10.3. The van der Waals surface area contributed by atoms with E-state index < -0.39 is 0 Å². The van der Waals surface area contributed by atoms with E-state index in [1.54, 1.807) is 11.8 Å². The zero-order valence-corrected chi connectivity index (χ0v) is 10.4. The first kappa shape index (κ1) is 13.3. The molecule has 0 rings (SSSR count). The number of alkyl halides is 1. The fraction of sp³-hybridized carbons (Fsp3) is 0.875. The lowest BCUT2D eigenvalue weighted by atomic mass is 10.3. The van der Waals surface area contributed by atoms with Gasteiger partial charge in [-0.3, -0.25) is 4.79 Å². The topological polar surface area (TPSA) is 52.3 Å². The second-order valence-corrected chi connectivity index (χ2v) is 5.29. The second kappa shape index (κ2) is 7.64. The maximum absolute atomic E-state index is 11.0. The van der Waals surface area contributed by atoms with E-state index in [2.05, 4.69) is 27.6 Å². The summed E-state index contributed by atoms with van der Waals surface area (Å²) in [6.45, 7) is 2.80. The molecule has 2 unspecified atom stereocenters. The molecule has 0 fully saturated rings. The highest BCUT2D eigenvalue weighted by Crippen LogP contribution is 2.18. The summed E-state index contributed by atoms with van der Waals surface area (Å²) >= 11 is 4.98. The number of halogens is 1. The number of methoxy groups -OCH3 is 1. The summed E-state index contributed by atoms with van der Waals surface area (Å²) in [4.78, 5) is 10.8. The Kier molecular flexibility index (Phi) is 7.80. The molecule has 2 N–H and O–H groups in total. The monoisotopic (exact) mass is 269 g/mol. The molecule has 0 aromatic carbocycles.